The number of aliphatic hydroxyl groups excluding tert-OH is 1. The van der Waals surface area contributed by atoms with Crippen LogP contribution in [0.25, 0.3) is 10.9 Å². The molecule has 0 aliphatic rings. The summed E-state index contributed by atoms with van der Waals surface area (Å²) in [5.41, 5.74) is 12.8. The average Bonchev–Trinajstić information content (AvgIpc) is 3.24. The lowest BCUT2D eigenvalue weighted by atomic mass is 10.0. The molecule has 12 nitrogen and oxygen atoms in total. The van der Waals surface area contributed by atoms with Crippen LogP contribution < -0.4 is 27.4 Å². The number of aromatic amines is 1. The van der Waals surface area contributed by atoms with E-state index in [2.05, 4.69) is 20.9 Å². The number of carboxylic acid groups (broad SMARTS) is 1. The van der Waals surface area contributed by atoms with Crippen molar-refractivity contribution in [3.05, 3.63) is 36.0 Å². The van der Waals surface area contributed by atoms with E-state index in [1.807, 2.05) is 24.3 Å². The van der Waals surface area contributed by atoms with E-state index in [4.69, 9.17) is 11.5 Å². The number of hydrogen-bond acceptors (Lipinski definition) is 7. The van der Waals surface area contributed by atoms with Gasteiger partial charge in [0, 0.05) is 23.5 Å². The molecular formula is C24H36N6O6. The van der Waals surface area contributed by atoms with Crippen molar-refractivity contribution in [3.8, 4) is 0 Å². The van der Waals surface area contributed by atoms with Gasteiger partial charge in [0.2, 0.25) is 17.7 Å². The zero-order valence-corrected chi connectivity index (χ0v) is 20.5. The maximum absolute atomic E-state index is 13.2. The largest absolute Gasteiger partial charge is 0.480 e. The minimum absolute atomic E-state index is 0.0740. The molecule has 1 aromatic carbocycles. The molecule has 198 valence electrons. The molecule has 36 heavy (non-hydrogen) atoms. The van der Waals surface area contributed by atoms with Crippen molar-refractivity contribution in [2.45, 2.75) is 69.8 Å². The maximum atomic E-state index is 13.2. The molecule has 0 fully saturated rings. The van der Waals surface area contributed by atoms with Gasteiger partial charge >= 0.3 is 5.97 Å². The summed E-state index contributed by atoms with van der Waals surface area (Å²) in [6, 6.07) is 2.85. The van der Waals surface area contributed by atoms with Gasteiger partial charge in [-0.2, -0.15) is 0 Å². The standard InChI is InChI=1S/C24H36N6O6/c1-13(24(35)36)28-22(33)19(11-15-12-27-17-8-4-3-7-16(15)17)30-21(32)18(9-5-6-10-25)29-23(34)20(26)14(2)31/h3-4,7-8,12-14,18-20,27,31H,5-6,9-11,25-26H2,1-2H3,(H,28,33)(H,29,34)(H,30,32)(H,35,36). The molecule has 12 heteroatoms. The average molecular weight is 505 g/mol. The number of unbranched alkanes of at least 4 members (excludes halogenated alkanes) is 1. The molecule has 0 bridgehead atoms. The van der Waals surface area contributed by atoms with Crippen molar-refractivity contribution in [3.63, 3.8) is 0 Å². The van der Waals surface area contributed by atoms with Gasteiger partial charge in [0.05, 0.1) is 6.10 Å². The molecule has 5 unspecified atom stereocenters. The third-order valence-corrected chi connectivity index (χ3v) is 5.86. The molecule has 10 N–H and O–H groups in total. The number of amides is 3. The maximum Gasteiger partial charge on any atom is 0.325 e. The highest BCUT2D eigenvalue weighted by molar-refractivity contribution is 5.94. The molecule has 0 aliphatic heterocycles. The molecule has 0 saturated carbocycles. The molecule has 0 saturated heterocycles. The lowest BCUT2D eigenvalue weighted by Gasteiger charge is -2.25. The Bertz CT molecular complexity index is 1050. The van der Waals surface area contributed by atoms with E-state index in [0.29, 0.717) is 19.4 Å². The van der Waals surface area contributed by atoms with Crippen LogP contribution in [0.15, 0.2) is 30.5 Å². The number of carbonyl (C=O) groups excluding carboxylic acids is 3. The van der Waals surface area contributed by atoms with Crippen molar-refractivity contribution >= 4 is 34.6 Å². The molecule has 0 spiro atoms. The Morgan fingerprint density at radius 2 is 1.61 bits per heavy atom. The van der Waals surface area contributed by atoms with E-state index in [9.17, 15) is 29.4 Å². The number of nitrogens with one attached hydrogen (secondary N) is 4. The highest BCUT2D eigenvalue weighted by atomic mass is 16.4. The number of hydrogen-bond donors (Lipinski definition) is 8. The van der Waals surface area contributed by atoms with Gasteiger partial charge in [-0.1, -0.05) is 18.2 Å². The molecule has 0 aliphatic carbocycles. The van der Waals surface area contributed by atoms with Crippen molar-refractivity contribution in [2.24, 2.45) is 11.5 Å². The second kappa shape index (κ2) is 13.6. The first kappa shape index (κ1) is 28.8. The van der Waals surface area contributed by atoms with Crippen molar-refractivity contribution < 1.29 is 29.4 Å². The van der Waals surface area contributed by atoms with Gasteiger partial charge in [0.15, 0.2) is 0 Å². The Hall–Kier alpha value is -3.48. The molecule has 3 amide bonds. The molecule has 1 aromatic heterocycles. The normalized spacial score (nSPS) is 15.4. The summed E-state index contributed by atoms with van der Waals surface area (Å²) < 4.78 is 0. The van der Waals surface area contributed by atoms with Crippen LogP contribution in [-0.2, 0) is 25.6 Å². The summed E-state index contributed by atoms with van der Waals surface area (Å²) in [4.78, 5) is 53.0. The lowest BCUT2D eigenvalue weighted by Crippen LogP contribution is -2.58. The van der Waals surface area contributed by atoms with Crippen LogP contribution in [-0.4, -0.2) is 75.7 Å². The van der Waals surface area contributed by atoms with Gasteiger partial charge in [-0.05, 0) is 51.3 Å². The monoisotopic (exact) mass is 504 g/mol. The molecule has 2 aromatic rings. The zero-order valence-electron chi connectivity index (χ0n) is 20.5. The van der Waals surface area contributed by atoms with Gasteiger partial charge in [-0.3, -0.25) is 19.2 Å². The quantitative estimate of drug-likeness (QED) is 0.151. The Balaban J connectivity index is 2.27. The first-order valence-electron chi connectivity index (χ1n) is 11.9. The first-order valence-corrected chi connectivity index (χ1v) is 11.9. The number of carboxylic acids is 1. The Morgan fingerprint density at radius 1 is 0.972 bits per heavy atom. The highest BCUT2D eigenvalue weighted by Crippen LogP contribution is 2.19. The second-order valence-corrected chi connectivity index (χ2v) is 8.81. The highest BCUT2D eigenvalue weighted by Gasteiger charge is 2.30. The summed E-state index contributed by atoms with van der Waals surface area (Å²) in [6.07, 6.45) is 2.03. The zero-order chi connectivity index (χ0) is 26.8. The number of H-pyrrole nitrogens is 1. The van der Waals surface area contributed by atoms with Crippen molar-refractivity contribution in [2.75, 3.05) is 6.54 Å². The van der Waals surface area contributed by atoms with Crippen molar-refractivity contribution in [1.29, 1.82) is 0 Å². The number of nitrogens with two attached hydrogens (primary N) is 2. The topological polar surface area (TPSA) is 213 Å². The van der Waals surface area contributed by atoms with Gasteiger partial charge in [0.25, 0.3) is 0 Å². The Labute approximate surface area is 209 Å². The minimum Gasteiger partial charge on any atom is -0.480 e. The molecule has 5 atom stereocenters. The van der Waals surface area contributed by atoms with E-state index in [1.54, 1.807) is 6.20 Å². The number of fused-ring (bicyclic) bond motifs is 1. The summed E-state index contributed by atoms with van der Waals surface area (Å²) in [7, 11) is 0. The predicted octanol–water partition coefficient (Wildman–Crippen LogP) is -0.894. The fraction of sp³-hybridized carbons (Fsp3) is 0.500. The predicted molar refractivity (Wildman–Crippen MR) is 134 cm³/mol. The fourth-order valence-corrected chi connectivity index (χ4v) is 3.63. The number of aromatic nitrogens is 1. The lowest BCUT2D eigenvalue weighted by molar-refractivity contribution is -0.141. The fourth-order valence-electron chi connectivity index (χ4n) is 3.63. The summed E-state index contributed by atoms with van der Waals surface area (Å²) in [5, 5.41) is 27.3. The summed E-state index contributed by atoms with van der Waals surface area (Å²) in [6.45, 7) is 3.07. The van der Waals surface area contributed by atoms with Gasteiger partial charge < -0.3 is 42.6 Å². The van der Waals surface area contributed by atoms with Crippen LogP contribution in [0.5, 0.6) is 0 Å². The molecule has 2 rings (SSSR count). The Morgan fingerprint density at radius 3 is 2.25 bits per heavy atom. The van der Waals surface area contributed by atoms with Gasteiger partial charge in [-0.25, -0.2) is 0 Å². The summed E-state index contributed by atoms with van der Waals surface area (Å²) >= 11 is 0. The van der Waals surface area contributed by atoms with Gasteiger partial charge in [-0.15, -0.1) is 0 Å². The third kappa shape index (κ3) is 8.04. The molecular weight excluding hydrogens is 468 g/mol. The minimum atomic E-state index is -1.24. The number of rotatable bonds is 14. The summed E-state index contributed by atoms with van der Waals surface area (Å²) in [5.74, 6) is -3.26. The van der Waals surface area contributed by atoms with Crippen LogP contribution in [0, 0.1) is 0 Å². The van der Waals surface area contributed by atoms with E-state index < -0.39 is 54.0 Å². The number of para-hydroxylation sites is 1. The number of benzene rings is 1. The first-order chi connectivity index (χ1) is 17.0. The van der Waals surface area contributed by atoms with E-state index in [-0.39, 0.29) is 12.8 Å². The molecule has 0 radical (unpaired) electrons. The van der Waals surface area contributed by atoms with Crippen LogP contribution in [0.2, 0.25) is 0 Å². The number of carbonyl (C=O) groups is 4. The Kier molecular flexibility index (Phi) is 10.8. The van der Waals surface area contributed by atoms with Crippen molar-refractivity contribution in [1.82, 2.24) is 20.9 Å². The van der Waals surface area contributed by atoms with E-state index >= 15 is 0 Å². The van der Waals surface area contributed by atoms with E-state index in [0.717, 1.165) is 16.5 Å². The SMILES string of the molecule is CC(NC(=O)C(Cc1c[nH]c2ccccc12)NC(=O)C(CCCCN)NC(=O)C(N)C(C)O)C(=O)O. The van der Waals surface area contributed by atoms with Crippen LogP contribution in [0.3, 0.4) is 0 Å². The van der Waals surface area contributed by atoms with Crippen LogP contribution in [0.1, 0.15) is 38.7 Å². The van der Waals surface area contributed by atoms with Crippen LogP contribution >= 0.6 is 0 Å². The number of aliphatic hydroxyl groups is 1. The number of aliphatic carboxylic acids is 1. The van der Waals surface area contributed by atoms with E-state index in [1.165, 1.54) is 13.8 Å². The third-order valence-electron chi connectivity index (χ3n) is 5.86. The molecule has 1 heterocycles. The second-order valence-electron chi connectivity index (χ2n) is 8.81. The smallest absolute Gasteiger partial charge is 0.325 e. The van der Waals surface area contributed by atoms with Crippen LogP contribution in [0.4, 0.5) is 0 Å². The van der Waals surface area contributed by atoms with Gasteiger partial charge in [0.1, 0.15) is 24.2 Å².